The fourth-order valence-electron chi connectivity index (χ4n) is 3.90. The molecular weight excluding hydrogens is 199 g/mol. The van der Waals surface area contributed by atoms with E-state index in [0.717, 1.165) is 36.5 Å². The average Bonchev–Trinajstić information content (AvgIpc) is 2.20. The van der Waals surface area contributed by atoms with E-state index in [0.29, 0.717) is 11.8 Å². The maximum absolute atomic E-state index is 13.3. The van der Waals surface area contributed by atoms with Crippen molar-refractivity contribution >= 4 is 0 Å². The Labute approximate surface area is 100 Å². The molecule has 16 heavy (non-hydrogen) atoms. The van der Waals surface area contributed by atoms with E-state index in [1.54, 1.807) is 0 Å². The third-order valence-electron chi connectivity index (χ3n) is 5.50. The predicted octanol–water partition coefficient (Wildman–Crippen LogP) is 4.69. The highest BCUT2D eigenvalue weighted by molar-refractivity contribution is 4.92. The fourth-order valence-corrected chi connectivity index (χ4v) is 3.90. The molecule has 0 amide bonds. The lowest BCUT2D eigenvalue weighted by molar-refractivity contribution is 0.0000763. The standard InChI is InChI=1S/C15H27F/c1-9(2)14-8-12(11(14)4)7-10(3)13-5-6-15(13)16/h9-15H,5-8H2,1-4H3. The lowest BCUT2D eigenvalue weighted by Gasteiger charge is -2.48. The van der Waals surface area contributed by atoms with Gasteiger partial charge in [-0.3, -0.25) is 0 Å². The van der Waals surface area contributed by atoms with E-state index in [1.165, 1.54) is 12.8 Å². The monoisotopic (exact) mass is 226 g/mol. The van der Waals surface area contributed by atoms with Gasteiger partial charge in [0.05, 0.1) is 0 Å². The molecule has 0 aromatic carbocycles. The molecule has 0 N–H and O–H groups in total. The van der Waals surface area contributed by atoms with Gasteiger partial charge in [0.1, 0.15) is 6.17 Å². The maximum atomic E-state index is 13.3. The molecule has 0 saturated heterocycles. The van der Waals surface area contributed by atoms with Crippen LogP contribution < -0.4 is 0 Å². The molecule has 2 aliphatic rings. The zero-order chi connectivity index (χ0) is 11.9. The highest BCUT2D eigenvalue weighted by Crippen LogP contribution is 2.49. The van der Waals surface area contributed by atoms with E-state index in [4.69, 9.17) is 0 Å². The lowest BCUT2D eigenvalue weighted by Crippen LogP contribution is -2.41. The van der Waals surface area contributed by atoms with Crippen molar-refractivity contribution in [2.45, 2.75) is 59.5 Å². The number of alkyl halides is 1. The van der Waals surface area contributed by atoms with Crippen molar-refractivity contribution in [3.05, 3.63) is 0 Å². The summed E-state index contributed by atoms with van der Waals surface area (Å²) in [6.45, 7) is 9.35. The molecule has 0 heterocycles. The Balaban J connectivity index is 1.75. The second-order valence-electron chi connectivity index (χ2n) is 6.73. The van der Waals surface area contributed by atoms with Crippen LogP contribution in [0.25, 0.3) is 0 Å². The first-order valence-electron chi connectivity index (χ1n) is 7.14. The van der Waals surface area contributed by atoms with Crippen LogP contribution in [0.15, 0.2) is 0 Å². The summed E-state index contributed by atoms with van der Waals surface area (Å²) in [5, 5.41) is 0. The fraction of sp³-hybridized carbons (Fsp3) is 1.00. The SMILES string of the molecule is CC(C)C1CC(CC(C)C2CCC2F)C1C. The first kappa shape index (κ1) is 12.4. The minimum atomic E-state index is -0.480. The third kappa shape index (κ3) is 2.15. The molecule has 0 aromatic heterocycles. The minimum absolute atomic E-state index is 0.394. The van der Waals surface area contributed by atoms with Crippen LogP contribution in [-0.2, 0) is 0 Å². The molecule has 2 aliphatic carbocycles. The number of halogens is 1. The van der Waals surface area contributed by atoms with Gasteiger partial charge in [0.2, 0.25) is 0 Å². The second kappa shape index (κ2) is 4.66. The van der Waals surface area contributed by atoms with Crippen molar-refractivity contribution in [2.24, 2.45) is 35.5 Å². The largest absolute Gasteiger partial charge is 0.247 e. The molecule has 0 nitrogen and oxygen atoms in total. The maximum Gasteiger partial charge on any atom is 0.103 e. The van der Waals surface area contributed by atoms with Crippen molar-refractivity contribution in [3.8, 4) is 0 Å². The molecular formula is C15H27F. The number of hydrogen-bond acceptors (Lipinski definition) is 0. The van der Waals surface area contributed by atoms with Gasteiger partial charge in [-0.25, -0.2) is 4.39 Å². The first-order valence-corrected chi connectivity index (χ1v) is 7.14. The van der Waals surface area contributed by atoms with E-state index in [1.807, 2.05) is 0 Å². The molecule has 6 unspecified atom stereocenters. The van der Waals surface area contributed by atoms with Gasteiger partial charge in [-0.15, -0.1) is 0 Å². The smallest absolute Gasteiger partial charge is 0.103 e. The van der Waals surface area contributed by atoms with Gasteiger partial charge >= 0.3 is 0 Å². The van der Waals surface area contributed by atoms with Crippen LogP contribution in [0.3, 0.4) is 0 Å². The summed E-state index contributed by atoms with van der Waals surface area (Å²) in [7, 11) is 0. The van der Waals surface area contributed by atoms with E-state index in [9.17, 15) is 4.39 Å². The van der Waals surface area contributed by atoms with Gasteiger partial charge in [-0.2, -0.15) is 0 Å². The number of rotatable bonds is 4. The molecule has 94 valence electrons. The van der Waals surface area contributed by atoms with Crippen LogP contribution >= 0.6 is 0 Å². The highest BCUT2D eigenvalue weighted by Gasteiger charge is 2.42. The molecule has 0 radical (unpaired) electrons. The van der Waals surface area contributed by atoms with Gasteiger partial charge in [-0.1, -0.05) is 27.7 Å². The van der Waals surface area contributed by atoms with Crippen molar-refractivity contribution in [2.75, 3.05) is 0 Å². The average molecular weight is 226 g/mol. The zero-order valence-electron chi connectivity index (χ0n) is 11.2. The topological polar surface area (TPSA) is 0 Å². The van der Waals surface area contributed by atoms with E-state index >= 15 is 0 Å². The predicted molar refractivity (Wildman–Crippen MR) is 67.0 cm³/mol. The molecule has 0 aliphatic heterocycles. The van der Waals surface area contributed by atoms with Gasteiger partial charge in [0.15, 0.2) is 0 Å². The molecule has 1 heteroatoms. The van der Waals surface area contributed by atoms with Gasteiger partial charge < -0.3 is 0 Å². The molecule has 2 fully saturated rings. The summed E-state index contributed by atoms with van der Waals surface area (Å²) in [4.78, 5) is 0. The van der Waals surface area contributed by atoms with Crippen LogP contribution in [0.2, 0.25) is 0 Å². The van der Waals surface area contributed by atoms with Crippen LogP contribution in [0.4, 0.5) is 4.39 Å². The Morgan fingerprint density at radius 2 is 1.81 bits per heavy atom. The quantitative estimate of drug-likeness (QED) is 0.652. The highest BCUT2D eigenvalue weighted by atomic mass is 19.1. The second-order valence-corrected chi connectivity index (χ2v) is 6.73. The van der Waals surface area contributed by atoms with Gasteiger partial charge in [0, 0.05) is 0 Å². The van der Waals surface area contributed by atoms with Crippen LogP contribution in [-0.4, -0.2) is 6.17 Å². The van der Waals surface area contributed by atoms with E-state index < -0.39 is 6.17 Å². The Kier molecular flexibility index (Phi) is 3.61. The van der Waals surface area contributed by atoms with Crippen LogP contribution in [0, 0.1) is 35.5 Å². The van der Waals surface area contributed by atoms with E-state index in [2.05, 4.69) is 27.7 Å². The number of hydrogen-bond donors (Lipinski definition) is 0. The molecule has 0 spiro atoms. The Morgan fingerprint density at radius 1 is 1.12 bits per heavy atom. The summed E-state index contributed by atoms with van der Waals surface area (Å²) in [6, 6.07) is 0. The zero-order valence-corrected chi connectivity index (χ0v) is 11.2. The van der Waals surface area contributed by atoms with Crippen molar-refractivity contribution < 1.29 is 4.39 Å². The van der Waals surface area contributed by atoms with Crippen LogP contribution in [0.1, 0.15) is 53.4 Å². The van der Waals surface area contributed by atoms with Crippen molar-refractivity contribution in [1.29, 1.82) is 0 Å². The summed E-state index contributed by atoms with van der Waals surface area (Å²) >= 11 is 0. The minimum Gasteiger partial charge on any atom is -0.247 e. The van der Waals surface area contributed by atoms with Crippen molar-refractivity contribution in [1.82, 2.24) is 0 Å². The van der Waals surface area contributed by atoms with E-state index in [-0.39, 0.29) is 0 Å². The third-order valence-corrected chi connectivity index (χ3v) is 5.50. The van der Waals surface area contributed by atoms with Crippen molar-refractivity contribution in [3.63, 3.8) is 0 Å². The Hall–Kier alpha value is -0.0700. The molecule has 0 bridgehead atoms. The molecule has 2 saturated carbocycles. The van der Waals surface area contributed by atoms with Gasteiger partial charge in [0.25, 0.3) is 0 Å². The Morgan fingerprint density at radius 3 is 2.19 bits per heavy atom. The summed E-state index contributed by atoms with van der Waals surface area (Å²) in [5.74, 6) is 4.53. The first-order chi connectivity index (χ1) is 7.50. The molecule has 6 atom stereocenters. The summed E-state index contributed by atoms with van der Waals surface area (Å²) < 4.78 is 13.3. The summed E-state index contributed by atoms with van der Waals surface area (Å²) in [6.07, 6.45) is 4.15. The normalized spacial score (nSPS) is 45.0. The summed E-state index contributed by atoms with van der Waals surface area (Å²) in [5.41, 5.74) is 0. The van der Waals surface area contributed by atoms with Gasteiger partial charge in [-0.05, 0) is 61.2 Å². The lowest BCUT2D eigenvalue weighted by atomic mass is 9.58. The van der Waals surface area contributed by atoms with Crippen LogP contribution in [0.5, 0.6) is 0 Å². The Bertz CT molecular complexity index is 236. The molecule has 2 rings (SSSR count). The molecule has 0 aromatic rings.